The molecule has 1 aliphatic rings. The molecule has 1 saturated heterocycles. The molecule has 2 rings (SSSR count). The number of benzene rings is 1. The molecular weight excluding hydrogens is 323 g/mol. The van der Waals surface area contributed by atoms with Gasteiger partial charge >= 0.3 is 7.75 Å². The first-order valence-electron chi connectivity index (χ1n) is 9.08. The van der Waals surface area contributed by atoms with Crippen molar-refractivity contribution in [1.29, 1.82) is 0 Å². The number of nitrogens with one attached hydrogen (secondary N) is 1. The van der Waals surface area contributed by atoms with E-state index in [-0.39, 0.29) is 6.04 Å². The van der Waals surface area contributed by atoms with Gasteiger partial charge in [0.1, 0.15) is 0 Å². The quantitative estimate of drug-likeness (QED) is 0.647. The van der Waals surface area contributed by atoms with Gasteiger partial charge in [0, 0.05) is 12.6 Å². The molecule has 136 valence electrons. The molecule has 24 heavy (non-hydrogen) atoms. The van der Waals surface area contributed by atoms with Crippen LogP contribution in [0.15, 0.2) is 30.3 Å². The molecule has 1 atom stereocenters. The minimum absolute atomic E-state index is 0.0365. The lowest BCUT2D eigenvalue weighted by Crippen LogP contribution is -2.43. The van der Waals surface area contributed by atoms with Crippen molar-refractivity contribution in [3.8, 4) is 0 Å². The third-order valence-electron chi connectivity index (χ3n) is 4.19. The molecular formula is C18H31N2O3P. The van der Waals surface area contributed by atoms with E-state index in [4.69, 9.17) is 9.05 Å². The fourth-order valence-corrected chi connectivity index (χ4v) is 4.70. The average Bonchev–Trinajstić information content (AvgIpc) is 2.57. The second-order valence-corrected chi connectivity index (χ2v) is 7.98. The zero-order chi connectivity index (χ0) is 17.3. The van der Waals surface area contributed by atoms with E-state index in [0.717, 1.165) is 26.1 Å². The lowest BCUT2D eigenvalue weighted by atomic mass is 10.0. The van der Waals surface area contributed by atoms with Crippen molar-refractivity contribution < 1.29 is 13.6 Å². The Hall–Kier alpha value is -0.710. The summed E-state index contributed by atoms with van der Waals surface area (Å²) in [4.78, 5) is 2.45. The van der Waals surface area contributed by atoms with Crippen LogP contribution in [-0.2, 0) is 20.0 Å². The predicted molar refractivity (Wildman–Crippen MR) is 98.2 cm³/mol. The monoisotopic (exact) mass is 354 g/mol. The summed E-state index contributed by atoms with van der Waals surface area (Å²) < 4.78 is 23.7. The number of likely N-dealkylation sites (tertiary alicyclic amines) is 1. The Kier molecular flexibility index (Phi) is 8.43. The zero-order valence-electron chi connectivity index (χ0n) is 14.9. The second-order valence-electron chi connectivity index (χ2n) is 6.21. The maximum absolute atomic E-state index is 12.9. The van der Waals surface area contributed by atoms with Crippen molar-refractivity contribution in [3.05, 3.63) is 35.9 Å². The summed E-state index contributed by atoms with van der Waals surface area (Å²) in [7, 11) is -3.26. The number of hydrogen-bond donors (Lipinski definition) is 1. The highest BCUT2D eigenvalue weighted by Gasteiger charge is 2.29. The summed E-state index contributed by atoms with van der Waals surface area (Å²) in [5.41, 5.74) is 1.23. The third-order valence-corrected chi connectivity index (χ3v) is 6.07. The average molecular weight is 354 g/mol. The molecule has 0 aromatic heterocycles. The van der Waals surface area contributed by atoms with Crippen molar-refractivity contribution in [2.45, 2.75) is 45.6 Å². The summed E-state index contributed by atoms with van der Waals surface area (Å²) in [6, 6.07) is 10.3. The lowest BCUT2D eigenvalue weighted by Gasteiger charge is -2.32. The van der Waals surface area contributed by atoms with Gasteiger partial charge in [-0.15, -0.1) is 0 Å². The van der Waals surface area contributed by atoms with E-state index in [0.29, 0.717) is 13.2 Å². The van der Waals surface area contributed by atoms with Gasteiger partial charge in [-0.05, 0) is 51.8 Å². The van der Waals surface area contributed by atoms with Crippen molar-refractivity contribution >= 4 is 7.75 Å². The van der Waals surface area contributed by atoms with Crippen LogP contribution in [0.5, 0.6) is 0 Å². The molecule has 1 aromatic rings. The standard InChI is InChI=1S/C18H31N2O3P/c1-3-22-24(21,23-4-2)19-18(15-17-11-7-5-8-12-17)16-20-13-9-6-10-14-20/h5,7-8,11-12,18H,3-4,6,9-10,13-16H2,1-2H3,(H,19,21). The Morgan fingerprint density at radius 3 is 2.29 bits per heavy atom. The van der Waals surface area contributed by atoms with E-state index >= 15 is 0 Å². The third kappa shape index (κ3) is 6.66. The van der Waals surface area contributed by atoms with Gasteiger partial charge < -0.3 is 4.90 Å². The molecule has 5 nitrogen and oxygen atoms in total. The van der Waals surface area contributed by atoms with Gasteiger partial charge in [0.25, 0.3) is 0 Å². The molecule has 0 radical (unpaired) electrons. The molecule has 1 aromatic carbocycles. The normalized spacial score (nSPS) is 17.8. The van der Waals surface area contributed by atoms with Gasteiger partial charge in [0.15, 0.2) is 0 Å². The summed E-state index contributed by atoms with van der Waals surface area (Å²) in [5, 5.41) is 3.20. The van der Waals surface area contributed by atoms with E-state index < -0.39 is 7.75 Å². The number of hydrogen-bond acceptors (Lipinski definition) is 4. The molecule has 1 fully saturated rings. The number of rotatable bonds is 10. The zero-order valence-corrected chi connectivity index (χ0v) is 15.8. The van der Waals surface area contributed by atoms with Crippen LogP contribution in [-0.4, -0.2) is 43.8 Å². The van der Waals surface area contributed by atoms with Crippen LogP contribution in [0, 0.1) is 0 Å². The van der Waals surface area contributed by atoms with E-state index in [1.54, 1.807) is 0 Å². The molecule has 1 aliphatic heterocycles. The maximum atomic E-state index is 12.9. The molecule has 6 heteroatoms. The Balaban J connectivity index is 2.06. The fraction of sp³-hybridized carbons (Fsp3) is 0.667. The van der Waals surface area contributed by atoms with Gasteiger partial charge in [0.05, 0.1) is 13.2 Å². The molecule has 1 unspecified atom stereocenters. The van der Waals surface area contributed by atoms with E-state index in [1.165, 1.54) is 24.8 Å². The van der Waals surface area contributed by atoms with Gasteiger partial charge in [-0.1, -0.05) is 36.8 Å². The Morgan fingerprint density at radius 2 is 1.71 bits per heavy atom. The molecule has 0 bridgehead atoms. The van der Waals surface area contributed by atoms with Gasteiger partial charge in [-0.2, -0.15) is 0 Å². The predicted octanol–water partition coefficient (Wildman–Crippen LogP) is 3.85. The van der Waals surface area contributed by atoms with Gasteiger partial charge in [0.2, 0.25) is 0 Å². The molecule has 0 aliphatic carbocycles. The van der Waals surface area contributed by atoms with Gasteiger partial charge in [-0.3, -0.25) is 9.05 Å². The fourth-order valence-electron chi connectivity index (χ4n) is 3.18. The van der Waals surface area contributed by atoms with Gasteiger partial charge in [-0.25, -0.2) is 9.65 Å². The van der Waals surface area contributed by atoms with Crippen LogP contribution in [0.2, 0.25) is 0 Å². The first-order valence-corrected chi connectivity index (χ1v) is 10.6. The van der Waals surface area contributed by atoms with Crippen LogP contribution in [0.4, 0.5) is 0 Å². The topological polar surface area (TPSA) is 50.8 Å². The summed E-state index contributed by atoms with van der Waals surface area (Å²) >= 11 is 0. The summed E-state index contributed by atoms with van der Waals surface area (Å²) in [5.74, 6) is 0. The van der Waals surface area contributed by atoms with E-state index in [2.05, 4.69) is 22.1 Å². The molecule has 0 amide bonds. The van der Waals surface area contributed by atoms with E-state index in [1.807, 2.05) is 32.0 Å². The largest absolute Gasteiger partial charge is 0.405 e. The highest BCUT2D eigenvalue weighted by Crippen LogP contribution is 2.44. The highest BCUT2D eigenvalue weighted by atomic mass is 31.2. The summed E-state index contributed by atoms with van der Waals surface area (Å²) in [6.45, 7) is 7.49. The number of nitrogens with zero attached hydrogens (tertiary/aromatic N) is 1. The van der Waals surface area contributed by atoms with Crippen LogP contribution >= 0.6 is 7.75 Å². The first-order chi connectivity index (χ1) is 11.6. The smallest absolute Gasteiger partial charge is 0.302 e. The first kappa shape index (κ1) is 19.6. The Bertz CT molecular complexity index is 496. The van der Waals surface area contributed by atoms with Crippen molar-refractivity contribution in [3.63, 3.8) is 0 Å². The van der Waals surface area contributed by atoms with Crippen molar-refractivity contribution in [1.82, 2.24) is 9.99 Å². The minimum Gasteiger partial charge on any atom is -0.302 e. The Morgan fingerprint density at radius 1 is 1.08 bits per heavy atom. The molecule has 1 N–H and O–H groups in total. The highest BCUT2D eigenvalue weighted by molar-refractivity contribution is 7.51. The van der Waals surface area contributed by atoms with Crippen LogP contribution in [0.3, 0.4) is 0 Å². The number of piperidine rings is 1. The second kappa shape index (κ2) is 10.3. The van der Waals surface area contributed by atoms with Crippen molar-refractivity contribution in [2.24, 2.45) is 0 Å². The molecule has 0 saturated carbocycles. The van der Waals surface area contributed by atoms with E-state index in [9.17, 15) is 4.57 Å². The molecule has 0 spiro atoms. The lowest BCUT2D eigenvalue weighted by molar-refractivity contribution is 0.185. The van der Waals surface area contributed by atoms with Crippen LogP contribution in [0.25, 0.3) is 0 Å². The van der Waals surface area contributed by atoms with Crippen LogP contribution < -0.4 is 5.09 Å². The van der Waals surface area contributed by atoms with Crippen molar-refractivity contribution in [2.75, 3.05) is 32.8 Å². The summed E-state index contributed by atoms with van der Waals surface area (Å²) in [6.07, 6.45) is 4.60. The maximum Gasteiger partial charge on any atom is 0.405 e. The molecule has 1 heterocycles. The van der Waals surface area contributed by atoms with Crippen LogP contribution in [0.1, 0.15) is 38.7 Å². The minimum atomic E-state index is -3.26. The Labute approximate surface area is 146 Å². The SMILES string of the molecule is CCOP(=O)(NC(Cc1ccccc1)CN1CCCCC1)OCC.